The van der Waals surface area contributed by atoms with E-state index in [1.165, 1.54) is 0 Å². The van der Waals surface area contributed by atoms with Crippen LogP contribution in [0, 0.1) is 0 Å². The number of fused-ring (bicyclic) bond motifs is 1. The van der Waals surface area contributed by atoms with Gasteiger partial charge in [0, 0.05) is 26.1 Å². The second-order valence-electron chi connectivity index (χ2n) is 7.43. The predicted octanol–water partition coefficient (Wildman–Crippen LogP) is 2.50. The highest BCUT2D eigenvalue weighted by molar-refractivity contribution is 5.78. The summed E-state index contributed by atoms with van der Waals surface area (Å²) in [7, 11) is 0. The number of nitrogens with zero attached hydrogens (tertiary/aromatic N) is 3. The van der Waals surface area contributed by atoms with Crippen molar-refractivity contribution in [2.45, 2.75) is 25.9 Å². The molecule has 0 saturated carbocycles. The number of benzene rings is 2. The van der Waals surface area contributed by atoms with E-state index in [1.54, 1.807) is 4.57 Å². The van der Waals surface area contributed by atoms with Crippen molar-refractivity contribution in [2.75, 3.05) is 31.2 Å². The van der Waals surface area contributed by atoms with Gasteiger partial charge in [-0.3, -0.25) is 9.59 Å². The Hall–Kier alpha value is -3.19. The molecule has 1 N–H and O–H groups in total. The van der Waals surface area contributed by atoms with Crippen molar-refractivity contribution in [3.05, 3.63) is 70.5 Å². The Morgan fingerprint density at radius 1 is 1.10 bits per heavy atom. The van der Waals surface area contributed by atoms with Crippen LogP contribution in [0.1, 0.15) is 24.9 Å². The molecule has 7 heteroatoms. The molecule has 1 amide bonds. The number of nitrogens with one attached hydrogen (secondary N) is 1. The Morgan fingerprint density at radius 2 is 1.80 bits per heavy atom. The van der Waals surface area contributed by atoms with Gasteiger partial charge in [0.05, 0.1) is 30.3 Å². The average molecular weight is 406 g/mol. The quantitative estimate of drug-likeness (QED) is 0.681. The van der Waals surface area contributed by atoms with Crippen LogP contribution in [0.5, 0.6) is 0 Å². The smallest absolute Gasteiger partial charge is 0.294 e. The number of ether oxygens (including phenoxy) is 1. The van der Waals surface area contributed by atoms with Crippen molar-refractivity contribution in [2.24, 2.45) is 0 Å². The minimum atomic E-state index is -0.167. The molecule has 0 aliphatic carbocycles. The maximum Gasteiger partial charge on any atom is 0.294 e. The largest absolute Gasteiger partial charge is 0.378 e. The van der Waals surface area contributed by atoms with E-state index in [0.717, 1.165) is 16.6 Å². The van der Waals surface area contributed by atoms with Gasteiger partial charge in [-0.2, -0.15) is 0 Å². The first-order valence-electron chi connectivity index (χ1n) is 10.3. The molecule has 1 saturated heterocycles. The van der Waals surface area contributed by atoms with E-state index in [4.69, 9.17) is 4.74 Å². The number of anilines is 1. The fourth-order valence-corrected chi connectivity index (χ4v) is 3.73. The van der Waals surface area contributed by atoms with Crippen molar-refractivity contribution < 1.29 is 9.53 Å². The molecular weight excluding hydrogens is 380 g/mol. The highest BCUT2D eigenvalue weighted by atomic mass is 16.5. The van der Waals surface area contributed by atoms with Crippen LogP contribution < -0.4 is 15.8 Å². The Bertz CT molecular complexity index is 1070. The second kappa shape index (κ2) is 9.09. The van der Waals surface area contributed by atoms with E-state index in [9.17, 15) is 9.59 Å². The molecule has 4 rings (SSSR count). The molecule has 2 aromatic carbocycles. The van der Waals surface area contributed by atoms with Gasteiger partial charge in [-0.25, -0.2) is 4.98 Å². The summed E-state index contributed by atoms with van der Waals surface area (Å²) < 4.78 is 7.07. The lowest BCUT2D eigenvalue weighted by molar-refractivity contribution is -0.121. The number of aromatic nitrogens is 2. The zero-order chi connectivity index (χ0) is 20.9. The topological polar surface area (TPSA) is 76.5 Å². The molecule has 1 aliphatic heterocycles. The summed E-state index contributed by atoms with van der Waals surface area (Å²) in [6.07, 6.45) is 0.216. The number of rotatable bonds is 6. The number of morpholine rings is 1. The maximum atomic E-state index is 13.2. The molecule has 0 spiro atoms. The number of para-hydroxylation sites is 2. The number of hydrogen-bond acceptors (Lipinski definition) is 5. The lowest BCUT2D eigenvalue weighted by atomic mass is 10.1. The van der Waals surface area contributed by atoms with Gasteiger partial charge in [-0.1, -0.05) is 42.5 Å². The number of carbonyl (C=O) groups excluding carboxylic acids is 1. The number of amides is 1. The third-order valence-electron chi connectivity index (χ3n) is 5.39. The van der Waals surface area contributed by atoms with E-state index in [0.29, 0.717) is 38.7 Å². The maximum absolute atomic E-state index is 13.2. The van der Waals surface area contributed by atoms with Crippen molar-refractivity contribution in [3.8, 4) is 0 Å². The van der Waals surface area contributed by atoms with Crippen LogP contribution in [0.2, 0.25) is 0 Å². The Balaban J connectivity index is 1.55. The third kappa shape index (κ3) is 4.36. The number of hydrogen-bond donors (Lipinski definition) is 1. The molecule has 1 unspecified atom stereocenters. The second-order valence-corrected chi connectivity index (χ2v) is 7.43. The summed E-state index contributed by atoms with van der Waals surface area (Å²) in [6.45, 7) is 4.68. The van der Waals surface area contributed by atoms with Crippen LogP contribution in [0.4, 0.5) is 5.82 Å². The third-order valence-corrected chi connectivity index (χ3v) is 5.39. The molecule has 30 heavy (non-hydrogen) atoms. The number of aryl methyl sites for hydroxylation is 1. The van der Waals surface area contributed by atoms with Crippen LogP contribution in [0.15, 0.2) is 59.4 Å². The SMILES string of the molecule is CC(NC(=O)CCn1c(=O)c(N2CCOCC2)nc2ccccc21)c1ccccc1. The van der Waals surface area contributed by atoms with Gasteiger partial charge in [0.15, 0.2) is 5.82 Å². The zero-order valence-electron chi connectivity index (χ0n) is 17.1. The van der Waals surface area contributed by atoms with E-state index >= 15 is 0 Å². The van der Waals surface area contributed by atoms with Crippen LogP contribution in [0.25, 0.3) is 11.0 Å². The fraction of sp³-hybridized carbons (Fsp3) is 0.348. The Morgan fingerprint density at radius 3 is 2.57 bits per heavy atom. The number of carbonyl (C=O) groups is 1. The van der Waals surface area contributed by atoms with Gasteiger partial charge in [0.1, 0.15) is 0 Å². The van der Waals surface area contributed by atoms with Crippen LogP contribution in [0.3, 0.4) is 0 Å². The van der Waals surface area contributed by atoms with Crippen molar-refractivity contribution >= 4 is 22.8 Å². The van der Waals surface area contributed by atoms with Gasteiger partial charge >= 0.3 is 0 Å². The van der Waals surface area contributed by atoms with Crippen molar-refractivity contribution in [3.63, 3.8) is 0 Å². The van der Waals surface area contributed by atoms with Crippen molar-refractivity contribution in [1.29, 1.82) is 0 Å². The molecule has 156 valence electrons. The van der Waals surface area contributed by atoms with Gasteiger partial charge in [0.25, 0.3) is 5.56 Å². The summed E-state index contributed by atoms with van der Waals surface area (Å²) in [5.74, 6) is 0.335. The summed E-state index contributed by atoms with van der Waals surface area (Å²) in [5, 5.41) is 3.02. The molecule has 1 aliphatic rings. The fourth-order valence-electron chi connectivity index (χ4n) is 3.73. The molecule has 0 bridgehead atoms. The normalized spacial score (nSPS) is 15.2. The van der Waals surface area contributed by atoms with Gasteiger partial charge in [-0.15, -0.1) is 0 Å². The highest BCUT2D eigenvalue weighted by Crippen LogP contribution is 2.16. The lowest BCUT2D eigenvalue weighted by Gasteiger charge is -2.28. The van der Waals surface area contributed by atoms with Gasteiger partial charge < -0.3 is 19.5 Å². The zero-order valence-corrected chi connectivity index (χ0v) is 17.1. The minimum Gasteiger partial charge on any atom is -0.378 e. The first-order chi connectivity index (χ1) is 14.6. The molecular formula is C23H26N4O3. The highest BCUT2D eigenvalue weighted by Gasteiger charge is 2.20. The van der Waals surface area contributed by atoms with Crippen molar-refractivity contribution in [1.82, 2.24) is 14.9 Å². The average Bonchev–Trinajstić information content (AvgIpc) is 2.79. The lowest BCUT2D eigenvalue weighted by Crippen LogP contribution is -2.41. The summed E-state index contributed by atoms with van der Waals surface area (Å²) in [6, 6.07) is 17.3. The summed E-state index contributed by atoms with van der Waals surface area (Å²) in [5.41, 5.74) is 2.37. The van der Waals surface area contributed by atoms with Gasteiger partial charge in [0.2, 0.25) is 5.91 Å². The van der Waals surface area contributed by atoms with Gasteiger partial charge in [-0.05, 0) is 24.6 Å². The Kier molecular flexibility index (Phi) is 6.09. The molecule has 1 aromatic heterocycles. The molecule has 0 radical (unpaired) electrons. The molecule has 7 nitrogen and oxygen atoms in total. The molecule has 1 atom stereocenters. The summed E-state index contributed by atoms with van der Waals surface area (Å²) >= 11 is 0. The minimum absolute atomic E-state index is 0.0893. The predicted molar refractivity (Wildman–Crippen MR) is 117 cm³/mol. The van der Waals surface area contributed by atoms with E-state index in [-0.39, 0.29) is 23.9 Å². The van der Waals surface area contributed by atoms with Crippen LogP contribution in [-0.2, 0) is 16.1 Å². The van der Waals surface area contributed by atoms with E-state index < -0.39 is 0 Å². The standard InChI is InChI=1S/C23H26N4O3/c1-17(18-7-3-2-4-8-18)24-21(28)11-12-27-20-10-6-5-9-19(20)25-22(23(27)29)26-13-15-30-16-14-26/h2-10,17H,11-16H2,1H3,(H,24,28). The molecule has 2 heterocycles. The molecule has 1 fully saturated rings. The monoisotopic (exact) mass is 406 g/mol. The first kappa shape index (κ1) is 20.1. The Labute approximate surface area is 175 Å². The molecule has 3 aromatic rings. The first-order valence-corrected chi connectivity index (χ1v) is 10.3. The van der Waals surface area contributed by atoms with E-state index in [2.05, 4.69) is 10.3 Å². The van der Waals surface area contributed by atoms with Crippen LogP contribution >= 0.6 is 0 Å². The van der Waals surface area contributed by atoms with E-state index in [1.807, 2.05) is 66.4 Å². The van der Waals surface area contributed by atoms with Crippen LogP contribution in [-0.4, -0.2) is 41.8 Å². The summed E-state index contributed by atoms with van der Waals surface area (Å²) in [4.78, 5) is 32.4.